The smallest absolute Gasteiger partial charge is 0.141 e. The van der Waals surface area contributed by atoms with Crippen molar-refractivity contribution in [1.82, 2.24) is 15.3 Å². The highest BCUT2D eigenvalue weighted by atomic mass is 35.5. The second-order valence-corrected chi connectivity index (χ2v) is 11.1. The molecule has 5 rings (SSSR count). The van der Waals surface area contributed by atoms with Gasteiger partial charge in [0.2, 0.25) is 0 Å². The Morgan fingerprint density at radius 1 is 1.12 bits per heavy atom. The van der Waals surface area contributed by atoms with Crippen molar-refractivity contribution in [2.24, 2.45) is 0 Å². The molecule has 2 atom stereocenters. The van der Waals surface area contributed by atoms with Crippen molar-refractivity contribution in [1.29, 1.82) is 0 Å². The molecule has 0 saturated carbocycles. The van der Waals surface area contributed by atoms with Gasteiger partial charge in [-0.2, -0.15) is 0 Å². The first kappa shape index (κ1) is 28.3. The molecule has 2 heterocycles. The van der Waals surface area contributed by atoms with Crippen LogP contribution in [0.25, 0.3) is 22.2 Å². The molecule has 0 radical (unpaired) electrons. The van der Waals surface area contributed by atoms with Crippen molar-refractivity contribution in [3.63, 3.8) is 0 Å². The zero-order valence-corrected chi connectivity index (χ0v) is 23.6. The quantitative estimate of drug-likeness (QED) is 0.167. The minimum atomic E-state index is -1.04. The minimum absolute atomic E-state index is 0.190. The fourth-order valence-corrected chi connectivity index (χ4v) is 5.27. The van der Waals surface area contributed by atoms with Gasteiger partial charge in [-0.3, -0.25) is 9.53 Å². The number of anilines is 2. The molecule has 1 unspecified atom stereocenters. The molecule has 0 aliphatic rings. The summed E-state index contributed by atoms with van der Waals surface area (Å²) in [6.07, 6.45) is 8.53. The topological polar surface area (TPSA) is 89.3 Å². The number of nitrogens with zero attached hydrogens (tertiary/aromatic N) is 2. The number of aromatic nitrogens is 2. The highest BCUT2D eigenvalue weighted by molar-refractivity contribution is 7.84. The van der Waals surface area contributed by atoms with Crippen molar-refractivity contribution in [3.8, 4) is 29.4 Å². The molecule has 41 heavy (non-hydrogen) atoms. The second kappa shape index (κ2) is 13.0. The number of furan rings is 1. The molecule has 208 valence electrons. The molecule has 10 heteroatoms. The van der Waals surface area contributed by atoms with E-state index in [1.165, 1.54) is 18.5 Å². The summed E-state index contributed by atoms with van der Waals surface area (Å²) in [7, 11) is -1.04. The molecule has 2 aromatic heterocycles. The van der Waals surface area contributed by atoms with E-state index in [0.29, 0.717) is 51.7 Å². The number of nitrogens with one attached hydrogen (secondary N) is 2. The predicted molar refractivity (Wildman–Crippen MR) is 161 cm³/mol. The maximum absolute atomic E-state index is 13.5. The Labute approximate surface area is 244 Å². The number of hydrogen-bond acceptors (Lipinski definition) is 7. The van der Waals surface area contributed by atoms with Crippen molar-refractivity contribution in [2.75, 3.05) is 23.9 Å². The van der Waals surface area contributed by atoms with Crippen LogP contribution in [0.4, 0.5) is 15.9 Å². The van der Waals surface area contributed by atoms with Crippen LogP contribution in [-0.4, -0.2) is 32.7 Å². The maximum Gasteiger partial charge on any atom is 0.141 e. The van der Waals surface area contributed by atoms with Crippen molar-refractivity contribution >= 4 is 44.8 Å². The first-order valence-electron chi connectivity index (χ1n) is 12.6. The molecule has 0 amide bonds. The first-order valence-corrected chi connectivity index (χ1v) is 14.8. The molecule has 7 nitrogen and oxygen atoms in total. The van der Waals surface area contributed by atoms with Crippen LogP contribution in [0.3, 0.4) is 0 Å². The number of fused-ring (bicyclic) bond motifs is 1. The summed E-state index contributed by atoms with van der Waals surface area (Å²) in [6, 6.07) is 20.8. The molecule has 0 bridgehead atoms. The average molecular weight is 589 g/mol. The van der Waals surface area contributed by atoms with Crippen LogP contribution in [-0.2, 0) is 17.4 Å². The van der Waals surface area contributed by atoms with Crippen molar-refractivity contribution < 1.29 is 17.8 Å². The average Bonchev–Trinajstić information content (AvgIpc) is 3.45. The van der Waals surface area contributed by atoms with Gasteiger partial charge in [-0.1, -0.05) is 29.7 Å². The Morgan fingerprint density at radius 2 is 2.00 bits per heavy atom. The van der Waals surface area contributed by atoms with E-state index >= 15 is 0 Å². The molecule has 5 aromatic rings. The third kappa shape index (κ3) is 7.11. The Hall–Kier alpha value is -4.23. The van der Waals surface area contributed by atoms with E-state index in [1.54, 1.807) is 30.5 Å². The van der Waals surface area contributed by atoms with E-state index in [1.807, 2.05) is 36.4 Å². The number of hydrogen-bond donors (Lipinski definition) is 2. The lowest BCUT2D eigenvalue weighted by atomic mass is 10.1. The number of benzene rings is 3. The third-order valence-electron chi connectivity index (χ3n) is 6.22. The minimum Gasteiger partial charge on any atom is -0.487 e. The molecule has 0 saturated heterocycles. The number of rotatable bonds is 11. The van der Waals surface area contributed by atoms with E-state index in [4.69, 9.17) is 27.2 Å². The summed E-state index contributed by atoms with van der Waals surface area (Å²) in [6.45, 7) is 0.527. The maximum atomic E-state index is 13.5. The molecule has 0 fully saturated rings. The highest BCUT2D eigenvalue weighted by Gasteiger charge is 2.18. The van der Waals surface area contributed by atoms with E-state index in [9.17, 15) is 8.60 Å². The van der Waals surface area contributed by atoms with Crippen LogP contribution in [0.5, 0.6) is 5.75 Å². The second-order valence-electron chi connectivity index (χ2n) is 9.22. The van der Waals surface area contributed by atoms with Gasteiger partial charge in [0.15, 0.2) is 0 Å². The molecule has 3 aromatic carbocycles. The largest absolute Gasteiger partial charge is 0.487 e. The standard InChI is InChI=1S/C31H26ClFN4O3S/c1-3-13-34-27(18-41(2)38)30-12-11-28(40-30)21-7-9-26-24(15-21)31(36-19-35-26)37-23-8-10-29(25(32)16-23)39-17-20-5-4-6-22(33)14-20/h1,4-12,14-16,19,27,34H,13,17-18H2,2H3,(H,35,36,37)/t27?,41-/m0/s1. The number of halogens is 2. The monoisotopic (exact) mass is 588 g/mol. The van der Waals surface area contributed by atoms with Gasteiger partial charge < -0.3 is 14.5 Å². The Morgan fingerprint density at radius 3 is 2.78 bits per heavy atom. The number of ether oxygens (including phenoxy) is 1. The summed E-state index contributed by atoms with van der Waals surface area (Å²) in [5.41, 5.74) is 2.98. The molecule has 0 spiro atoms. The first-order chi connectivity index (χ1) is 19.9. The summed E-state index contributed by atoms with van der Waals surface area (Å²) < 4.78 is 37.3. The fraction of sp³-hybridized carbons (Fsp3) is 0.161. The van der Waals surface area contributed by atoms with Gasteiger partial charge in [0.1, 0.15) is 41.8 Å². The van der Waals surface area contributed by atoms with Crippen LogP contribution in [0.2, 0.25) is 5.02 Å². The van der Waals surface area contributed by atoms with Gasteiger partial charge in [0.25, 0.3) is 0 Å². The lowest BCUT2D eigenvalue weighted by Gasteiger charge is -2.13. The Balaban J connectivity index is 1.36. The normalized spacial score (nSPS) is 12.5. The van der Waals surface area contributed by atoms with E-state index in [0.717, 1.165) is 16.5 Å². The summed E-state index contributed by atoms with van der Waals surface area (Å²) >= 11 is 6.49. The lowest BCUT2D eigenvalue weighted by molar-refractivity contribution is 0.306. The Kier molecular flexibility index (Phi) is 8.95. The van der Waals surface area contributed by atoms with Crippen molar-refractivity contribution in [2.45, 2.75) is 12.6 Å². The van der Waals surface area contributed by atoms with Crippen LogP contribution >= 0.6 is 11.6 Å². The van der Waals surface area contributed by atoms with E-state index in [-0.39, 0.29) is 18.5 Å². The van der Waals surface area contributed by atoms with Crippen molar-refractivity contribution in [3.05, 3.63) is 101 Å². The van der Waals surface area contributed by atoms with E-state index in [2.05, 4.69) is 26.5 Å². The van der Waals surface area contributed by atoms with Crippen LogP contribution in [0.1, 0.15) is 17.4 Å². The Bertz CT molecular complexity index is 1750. The highest BCUT2D eigenvalue weighted by Crippen LogP contribution is 2.33. The molecular formula is C31H26ClFN4O3S. The lowest BCUT2D eigenvalue weighted by Crippen LogP contribution is -2.26. The number of terminal acetylenes is 1. The predicted octanol–water partition coefficient (Wildman–Crippen LogP) is 6.65. The van der Waals surface area contributed by atoms with Crippen LogP contribution < -0.4 is 15.4 Å². The molecular weight excluding hydrogens is 563 g/mol. The van der Waals surface area contributed by atoms with Gasteiger partial charge in [0, 0.05) is 39.4 Å². The summed E-state index contributed by atoms with van der Waals surface area (Å²) in [5, 5.41) is 7.67. The summed E-state index contributed by atoms with van der Waals surface area (Å²) in [4.78, 5) is 8.84. The zero-order valence-electron chi connectivity index (χ0n) is 22.1. The van der Waals surface area contributed by atoms with Gasteiger partial charge in [-0.25, -0.2) is 14.4 Å². The molecule has 0 aliphatic heterocycles. The SMILES string of the molecule is C#CCNC(C[S@](C)=O)c1ccc(-c2ccc3ncnc(Nc4ccc(OCc5cccc(F)c5)c(Cl)c4)c3c2)o1. The fourth-order valence-electron chi connectivity index (χ4n) is 4.28. The van der Waals surface area contributed by atoms with Crippen LogP contribution in [0, 0.1) is 18.2 Å². The molecule has 2 N–H and O–H groups in total. The van der Waals surface area contributed by atoms with Gasteiger partial charge in [-0.15, -0.1) is 6.42 Å². The van der Waals surface area contributed by atoms with Gasteiger partial charge in [0.05, 0.1) is 23.1 Å². The molecule has 0 aliphatic carbocycles. The van der Waals surface area contributed by atoms with Crippen LogP contribution in [0.15, 0.2) is 83.5 Å². The third-order valence-corrected chi connectivity index (χ3v) is 7.32. The summed E-state index contributed by atoms with van der Waals surface area (Å²) in [5.74, 6) is 4.97. The van der Waals surface area contributed by atoms with Gasteiger partial charge >= 0.3 is 0 Å². The zero-order chi connectivity index (χ0) is 28.8. The van der Waals surface area contributed by atoms with E-state index < -0.39 is 10.8 Å². The van der Waals surface area contributed by atoms with Gasteiger partial charge in [-0.05, 0) is 66.2 Å².